The molecule has 0 fully saturated rings. The van der Waals surface area contributed by atoms with Crippen LogP contribution in [0.3, 0.4) is 0 Å². The van der Waals surface area contributed by atoms with E-state index in [-0.39, 0.29) is 48.0 Å². The van der Waals surface area contributed by atoms with E-state index in [9.17, 15) is 0 Å². The molecular weight excluding hydrogens is 456 g/mol. The van der Waals surface area contributed by atoms with Crippen molar-refractivity contribution in [3.8, 4) is 0 Å². The van der Waals surface area contributed by atoms with Gasteiger partial charge in [0.25, 0.3) is 0 Å². The second kappa shape index (κ2) is 14.2. The maximum absolute atomic E-state index is 2.40. The third-order valence-electron chi connectivity index (χ3n) is 3.88. The Balaban J connectivity index is -0.000000980. The van der Waals surface area contributed by atoms with Gasteiger partial charge in [0.15, 0.2) is 0 Å². The second-order valence-corrected chi connectivity index (χ2v) is 7.04. The van der Waals surface area contributed by atoms with Gasteiger partial charge in [-0.25, -0.2) is 0 Å². The van der Waals surface area contributed by atoms with Gasteiger partial charge in [-0.2, -0.15) is 0 Å². The Labute approximate surface area is 146 Å². The van der Waals surface area contributed by atoms with Crippen molar-refractivity contribution >= 4 is 10.9 Å². The molecular formula is C13H31I2NS. The number of hydrogen-bond donors (Lipinski definition) is 0. The average molecular weight is 487 g/mol. The first-order chi connectivity index (χ1) is 7.14. The minimum absolute atomic E-state index is 0. The van der Waals surface area contributed by atoms with Gasteiger partial charge < -0.3 is 52.4 Å². The molecule has 0 amide bonds. The summed E-state index contributed by atoms with van der Waals surface area (Å²) in [5.41, 5.74) is 0. The van der Waals surface area contributed by atoms with Gasteiger partial charge in [-0.15, -0.1) is 0 Å². The monoisotopic (exact) mass is 487 g/mol. The van der Waals surface area contributed by atoms with Crippen molar-refractivity contribution < 1.29 is 52.4 Å². The van der Waals surface area contributed by atoms with Crippen LogP contribution in [0.4, 0.5) is 0 Å². The fourth-order valence-corrected chi connectivity index (χ4v) is 3.07. The maximum atomic E-state index is 2.40. The maximum Gasteiger partial charge on any atom is 0.108 e. The van der Waals surface area contributed by atoms with Crippen molar-refractivity contribution in [1.82, 2.24) is 0 Å². The smallest absolute Gasteiger partial charge is 0.108 e. The molecule has 0 bridgehead atoms. The van der Waals surface area contributed by atoms with Crippen LogP contribution >= 0.6 is 0 Å². The largest absolute Gasteiger partial charge is 1.00 e. The number of unbranched alkanes of at least 4 members (excludes halogenated alkanes) is 1. The molecule has 1 unspecified atom stereocenters. The number of quaternary nitrogens is 1. The molecule has 0 heterocycles. The first-order valence-electron chi connectivity index (χ1n) is 6.58. The van der Waals surface area contributed by atoms with Crippen LogP contribution in [0.5, 0.6) is 0 Å². The summed E-state index contributed by atoms with van der Waals surface area (Å²) in [4.78, 5) is 0. The molecule has 0 aromatic carbocycles. The zero-order chi connectivity index (χ0) is 11.7. The van der Waals surface area contributed by atoms with Crippen LogP contribution in [0.2, 0.25) is 0 Å². The number of halogens is 2. The van der Waals surface area contributed by atoms with Gasteiger partial charge in [0.05, 0.1) is 32.4 Å². The normalized spacial score (nSPS) is 12.5. The summed E-state index contributed by atoms with van der Waals surface area (Å²) in [6.07, 6.45) is 5.27. The van der Waals surface area contributed by atoms with Crippen molar-refractivity contribution in [2.45, 2.75) is 40.5 Å². The third-order valence-corrected chi connectivity index (χ3v) is 5.85. The van der Waals surface area contributed by atoms with E-state index in [4.69, 9.17) is 0 Å². The van der Waals surface area contributed by atoms with Crippen molar-refractivity contribution in [2.24, 2.45) is 0 Å². The summed E-state index contributed by atoms with van der Waals surface area (Å²) >= 11 is 0. The van der Waals surface area contributed by atoms with Gasteiger partial charge in [-0.1, -0.05) is 0 Å². The molecule has 0 aromatic heterocycles. The first-order valence-corrected chi connectivity index (χ1v) is 8.55. The Bertz CT molecular complexity index is 144. The highest BCUT2D eigenvalue weighted by Gasteiger charge is 2.20. The molecule has 4 heteroatoms. The van der Waals surface area contributed by atoms with Crippen LogP contribution in [0.15, 0.2) is 0 Å². The van der Waals surface area contributed by atoms with Crippen LogP contribution in [-0.4, -0.2) is 48.4 Å². The second-order valence-electron chi connectivity index (χ2n) is 4.50. The Hall–Kier alpha value is 1.77. The lowest BCUT2D eigenvalue weighted by Crippen LogP contribution is -3.00. The van der Waals surface area contributed by atoms with Gasteiger partial charge >= 0.3 is 0 Å². The van der Waals surface area contributed by atoms with Crippen molar-refractivity contribution in [1.29, 1.82) is 0 Å². The van der Waals surface area contributed by atoms with Crippen molar-refractivity contribution in [2.75, 3.05) is 43.9 Å². The Morgan fingerprint density at radius 2 is 1.29 bits per heavy atom. The lowest BCUT2D eigenvalue weighted by Gasteiger charge is -2.35. The van der Waals surface area contributed by atoms with Crippen molar-refractivity contribution in [3.63, 3.8) is 0 Å². The predicted octanol–water partition coefficient (Wildman–Crippen LogP) is -3.08. The van der Waals surface area contributed by atoms with Gasteiger partial charge in [0, 0.05) is 6.42 Å². The van der Waals surface area contributed by atoms with Crippen molar-refractivity contribution in [3.05, 3.63) is 0 Å². The average Bonchev–Trinajstić information content (AvgIpc) is 2.30. The molecule has 0 saturated carbocycles. The Kier molecular flexibility index (Phi) is 19.9. The summed E-state index contributed by atoms with van der Waals surface area (Å²) in [5, 5.41) is 0. The zero-order valence-corrected chi connectivity index (χ0v) is 17.4. The van der Waals surface area contributed by atoms with Crippen LogP contribution in [0, 0.1) is 0 Å². The fraction of sp³-hybridized carbons (Fsp3) is 1.00. The zero-order valence-electron chi connectivity index (χ0n) is 12.3. The minimum Gasteiger partial charge on any atom is -1.00 e. The van der Waals surface area contributed by atoms with E-state index >= 15 is 0 Å². The number of hydrogen-bond acceptors (Lipinski definition) is 0. The lowest BCUT2D eigenvalue weighted by atomic mass is 10.2. The molecule has 1 nitrogen and oxygen atoms in total. The van der Waals surface area contributed by atoms with Crippen LogP contribution in [0.1, 0.15) is 40.5 Å². The SMILES string of the molecule is CC[S+](C)CCCC[N+](CC)(CC)CC.[I-].[I-]. The molecule has 0 aromatic rings. The molecule has 17 heavy (non-hydrogen) atoms. The van der Waals surface area contributed by atoms with E-state index in [1.807, 2.05) is 0 Å². The summed E-state index contributed by atoms with van der Waals surface area (Å²) in [7, 11) is 0.682. The van der Waals surface area contributed by atoms with Gasteiger partial charge in [-0.3, -0.25) is 0 Å². The summed E-state index contributed by atoms with van der Waals surface area (Å²) in [5.74, 6) is 2.82. The molecule has 0 aliphatic heterocycles. The van der Waals surface area contributed by atoms with E-state index in [1.165, 1.54) is 55.0 Å². The van der Waals surface area contributed by atoms with Crippen LogP contribution in [-0.2, 0) is 10.9 Å². The standard InChI is InChI=1S/C13H31NS.2HI/c1-6-14(7-2,8-3)12-10-11-13-15(5)9-4;;/h6-13H2,1-5H3;2*1H/q+2;;/p-2. The molecule has 0 saturated heterocycles. The van der Waals surface area contributed by atoms with E-state index < -0.39 is 0 Å². The quantitative estimate of drug-likeness (QED) is 0.140. The Morgan fingerprint density at radius 3 is 1.65 bits per heavy atom. The van der Waals surface area contributed by atoms with Gasteiger partial charge in [0.1, 0.15) is 11.5 Å². The highest BCUT2D eigenvalue weighted by Crippen LogP contribution is 2.09. The van der Waals surface area contributed by atoms with Crippen LogP contribution < -0.4 is 48.0 Å². The minimum atomic E-state index is 0. The molecule has 0 N–H and O–H groups in total. The molecule has 108 valence electrons. The molecule has 1 atom stereocenters. The first kappa shape index (κ1) is 23.8. The molecule has 0 aliphatic rings. The molecule has 0 aliphatic carbocycles. The number of nitrogens with zero attached hydrogens (tertiary/aromatic N) is 1. The molecule has 0 rings (SSSR count). The lowest BCUT2D eigenvalue weighted by molar-refractivity contribution is -0.923. The molecule has 0 spiro atoms. The van der Waals surface area contributed by atoms with Crippen LogP contribution in [0.25, 0.3) is 0 Å². The predicted molar refractivity (Wildman–Crippen MR) is 74.7 cm³/mol. The van der Waals surface area contributed by atoms with E-state index in [2.05, 4.69) is 34.0 Å². The van der Waals surface area contributed by atoms with E-state index in [1.54, 1.807) is 0 Å². The summed E-state index contributed by atoms with van der Waals surface area (Å²) in [6, 6.07) is 0. The Morgan fingerprint density at radius 1 is 0.824 bits per heavy atom. The van der Waals surface area contributed by atoms with E-state index in [0.717, 1.165) is 0 Å². The van der Waals surface area contributed by atoms with E-state index in [0.29, 0.717) is 10.9 Å². The van der Waals surface area contributed by atoms with Gasteiger partial charge in [-0.05, 0) is 45.0 Å². The topological polar surface area (TPSA) is 0 Å². The third kappa shape index (κ3) is 10.2. The highest BCUT2D eigenvalue weighted by molar-refractivity contribution is 7.96. The summed E-state index contributed by atoms with van der Waals surface area (Å²) in [6.45, 7) is 14.6. The fourth-order valence-electron chi connectivity index (χ4n) is 2.09. The van der Waals surface area contributed by atoms with Gasteiger partial charge in [0.2, 0.25) is 0 Å². The number of rotatable bonds is 9. The summed E-state index contributed by atoms with van der Waals surface area (Å²) < 4.78 is 1.32. The highest BCUT2D eigenvalue weighted by atomic mass is 127. The molecule has 0 radical (unpaired) electrons.